The molecule has 2 nitrogen and oxygen atoms in total. The van der Waals surface area contributed by atoms with Gasteiger partial charge in [0.05, 0.1) is 0 Å². The van der Waals surface area contributed by atoms with Crippen molar-refractivity contribution < 1.29 is 4.74 Å². The van der Waals surface area contributed by atoms with Crippen molar-refractivity contribution in [3.8, 4) is 5.75 Å². The largest absolute Gasteiger partial charge is 0.486 e. The fraction of sp³-hybridized carbons (Fsp3) is 0.600. The van der Waals surface area contributed by atoms with Gasteiger partial charge >= 0.3 is 0 Å². The van der Waals surface area contributed by atoms with Gasteiger partial charge in [0.1, 0.15) is 11.9 Å². The summed E-state index contributed by atoms with van der Waals surface area (Å²) in [6, 6.07) is 8.86. The highest BCUT2D eigenvalue weighted by Crippen LogP contribution is 2.27. The molecule has 0 radical (unpaired) electrons. The first-order chi connectivity index (χ1) is 10.7. The minimum absolute atomic E-state index is 0.0424. The second kappa shape index (κ2) is 8.99. The van der Waals surface area contributed by atoms with Gasteiger partial charge in [-0.3, -0.25) is 0 Å². The van der Waals surface area contributed by atoms with Crippen molar-refractivity contribution in [1.29, 1.82) is 0 Å². The van der Waals surface area contributed by atoms with E-state index in [-0.39, 0.29) is 6.10 Å². The quantitative estimate of drug-likeness (QED) is 0.675. The van der Waals surface area contributed by atoms with Gasteiger partial charge in [-0.2, -0.15) is 0 Å². The summed E-state index contributed by atoms with van der Waals surface area (Å²) in [5, 5.41) is 3.67. The number of para-hydroxylation sites is 1. The minimum atomic E-state index is 0.0424. The summed E-state index contributed by atoms with van der Waals surface area (Å²) in [5.74, 6) is 1.88. The first-order valence-corrected chi connectivity index (χ1v) is 8.79. The molecule has 0 bridgehead atoms. The molecule has 0 aliphatic heterocycles. The maximum atomic E-state index is 5.92. The monoisotopic (exact) mass is 301 g/mol. The van der Waals surface area contributed by atoms with Gasteiger partial charge in [-0.25, -0.2) is 0 Å². The Morgan fingerprint density at radius 3 is 2.68 bits per heavy atom. The number of nitrogens with one attached hydrogen (secondary N) is 1. The van der Waals surface area contributed by atoms with Crippen LogP contribution in [0.2, 0.25) is 0 Å². The third-order valence-corrected chi connectivity index (χ3v) is 4.67. The fourth-order valence-corrected chi connectivity index (χ4v) is 3.30. The van der Waals surface area contributed by atoms with Crippen molar-refractivity contribution in [2.75, 3.05) is 0 Å². The molecule has 2 rings (SSSR count). The number of benzene rings is 1. The van der Waals surface area contributed by atoms with E-state index in [0.717, 1.165) is 18.2 Å². The Hall–Kier alpha value is -1.28. The van der Waals surface area contributed by atoms with E-state index in [1.54, 1.807) is 0 Å². The smallest absolute Gasteiger partial charge is 0.124 e. The lowest BCUT2D eigenvalue weighted by Gasteiger charge is -2.25. The molecular formula is C20H31NO. The van der Waals surface area contributed by atoms with Gasteiger partial charge in [-0.05, 0) is 32.3 Å². The number of hydrogen-bond donors (Lipinski definition) is 1. The zero-order chi connectivity index (χ0) is 15.8. The average molecular weight is 301 g/mol. The molecule has 1 saturated carbocycles. The van der Waals surface area contributed by atoms with Crippen LogP contribution >= 0.6 is 0 Å². The van der Waals surface area contributed by atoms with Gasteiger partial charge in [0.15, 0.2) is 0 Å². The van der Waals surface area contributed by atoms with E-state index >= 15 is 0 Å². The Morgan fingerprint density at radius 2 is 1.95 bits per heavy atom. The lowest BCUT2D eigenvalue weighted by atomic mass is 9.85. The van der Waals surface area contributed by atoms with Crippen LogP contribution in [0, 0.1) is 5.92 Å². The van der Waals surface area contributed by atoms with Crippen molar-refractivity contribution in [2.24, 2.45) is 5.92 Å². The van der Waals surface area contributed by atoms with Crippen LogP contribution in [-0.4, -0.2) is 12.1 Å². The predicted molar refractivity (Wildman–Crippen MR) is 94.2 cm³/mol. The fourth-order valence-electron chi connectivity index (χ4n) is 3.30. The van der Waals surface area contributed by atoms with Crippen LogP contribution in [-0.2, 0) is 6.54 Å². The Balaban J connectivity index is 1.83. The zero-order valence-corrected chi connectivity index (χ0v) is 14.2. The minimum Gasteiger partial charge on any atom is -0.486 e. The molecule has 0 amide bonds. The number of ether oxygens (including phenoxy) is 1. The molecule has 1 aliphatic carbocycles. The number of rotatable bonds is 8. The maximum Gasteiger partial charge on any atom is 0.124 e. The predicted octanol–water partition coefficient (Wildman–Crippen LogP) is 5.09. The molecule has 122 valence electrons. The SMILES string of the molecule is C=CC(C)Oc1ccccc1CNC(C)CC1CCCCC1. The van der Waals surface area contributed by atoms with Crippen LogP contribution in [0.4, 0.5) is 0 Å². The normalized spacial score (nSPS) is 18.6. The van der Waals surface area contributed by atoms with E-state index in [1.807, 2.05) is 25.1 Å². The third-order valence-electron chi connectivity index (χ3n) is 4.67. The highest BCUT2D eigenvalue weighted by atomic mass is 16.5. The third kappa shape index (κ3) is 5.49. The van der Waals surface area contributed by atoms with Gasteiger partial charge in [0.2, 0.25) is 0 Å². The van der Waals surface area contributed by atoms with Gasteiger partial charge < -0.3 is 10.1 Å². The first kappa shape index (κ1) is 17.1. The maximum absolute atomic E-state index is 5.92. The second-order valence-electron chi connectivity index (χ2n) is 6.69. The van der Waals surface area contributed by atoms with Crippen LogP contribution in [0.3, 0.4) is 0 Å². The first-order valence-electron chi connectivity index (χ1n) is 8.79. The molecule has 2 atom stereocenters. The van der Waals surface area contributed by atoms with Crippen LogP contribution in [0.15, 0.2) is 36.9 Å². The van der Waals surface area contributed by atoms with Crippen molar-refractivity contribution >= 4 is 0 Å². The molecule has 2 heteroatoms. The molecule has 0 heterocycles. The summed E-state index contributed by atoms with van der Waals surface area (Å²) >= 11 is 0. The van der Waals surface area contributed by atoms with E-state index in [9.17, 15) is 0 Å². The van der Waals surface area contributed by atoms with Crippen molar-refractivity contribution in [2.45, 2.75) is 71.1 Å². The summed E-state index contributed by atoms with van der Waals surface area (Å²) in [6.45, 7) is 8.98. The summed E-state index contributed by atoms with van der Waals surface area (Å²) < 4.78 is 5.92. The molecule has 1 N–H and O–H groups in total. The Labute approximate surface area is 136 Å². The summed E-state index contributed by atoms with van der Waals surface area (Å²) in [6.07, 6.45) is 10.3. The molecule has 0 saturated heterocycles. The Morgan fingerprint density at radius 1 is 1.23 bits per heavy atom. The van der Waals surface area contributed by atoms with Gasteiger partial charge in [0, 0.05) is 18.2 Å². The van der Waals surface area contributed by atoms with Crippen molar-refractivity contribution in [3.63, 3.8) is 0 Å². The van der Waals surface area contributed by atoms with Gasteiger partial charge in [-0.15, -0.1) is 0 Å². The van der Waals surface area contributed by atoms with Crippen LogP contribution in [0.25, 0.3) is 0 Å². The topological polar surface area (TPSA) is 21.3 Å². The molecule has 1 aliphatic rings. The standard InChI is InChI=1S/C20H31NO/c1-4-17(3)22-20-13-9-8-12-19(20)15-21-16(2)14-18-10-6-5-7-11-18/h4,8-9,12-13,16-18,21H,1,5-7,10-11,14-15H2,2-3H3. The average Bonchev–Trinajstić information content (AvgIpc) is 2.55. The Bertz CT molecular complexity index is 451. The summed E-state index contributed by atoms with van der Waals surface area (Å²) in [7, 11) is 0. The van der Waals surface area contributed by atoms with Crippen molar-refractivity contribution in [3.05, 3.63) is 42.5 Å². The molecule has 1 fully saturated rings. The van der Waals surface area contributed by atoms with E-state index in [1.165, 1.54) is 44.1 Å². The lowest BCUT2D eigenvalue weighted by Crippen LogP contribution is -2.28. The van der Waals surface area contributed by atoms with E-state index in [4.69, 9.17) is 4.74 Å². The van der Waals surface area contributed by atoms with Crippen molar-refractivity contribution in [1.82, 2.24) is 5.32 Å². The van der Waals surface area contributed by atoms with E-state index < -0.39 is 0 Å². The van der Waals surface area contributed by atoms with Crippen LogP contribution < -0.4 is 10.1 Å². The van der Waals surface area contributed by atoms with Gasteiger partial charge in [0.25, 0.3) is 0 Å². The molecule has 2 unspecified atom stereocenters. The van der Waals surface area contributed by atoms with E-state index in [0.29, 0.717) is 6.04 Å². The molecule has 22 heavy (non-hydrogen) atoms. The molecule has 1 aromatic carbocycles. The molecule has 1 aromatic rings. The van der Waals surface area contributed by atoms with Crippen LogP contribution in [0.1, 0.15) is 57.9 Å². The molecular weight excluding hydrogens is 270 g/mol. The highest BCUT2D eigenvalue weighted by molar-refractivity contribution is 5.33. The number of hydrogen-bond acceptors (Lipinski definition) is 2. The second-order valence-corrected chi connectivity index (χ2v) is 6.69. The van der Waals surface area contributed by atoms with Gasteiger partial charge in [-0.1, -0.05) is 63.0 Å². The van der Waals surface area contributed by atoms with Crippen LogP contribution in [0.5, 0.6) is 5.75 Å². The summed E-state index contributed by atoms with van der Waals surface area (Å²) in [4.78, 5) is 0. The highest BCUT2D eigenvalue weighted by Gasteiger charge is 2.16. The van der Waals surface area contributed by atoms with E-state index in [2.05, 4.69) is 31.0 Å². The summed E-state index contributed by atoms with van der Waals surface area (Å²) in [5.41, 5.74) is 1.23. The molecule has 0 spiro atoms. The molecule has 0 aromatic heterocycles. The zero-order valence-electron chi connectivity index (χ0n) is 14.2. The Kier molecular flexibility index (Phi) is 6.98. The lowest BCUT2D eigenvalue weighted by molar-refractivity contribution is 0.265.